The highest BCUT2D eigenvalue weighted by Crippen LogP contribution is 2.25. The Morgan fingerprint density at radius 3 is 2.85 bits per heavy atom. The van der Waals surface area contributed by atoms with E-state index in [-0.39, 0.29) is 0 Å². The minimum Gasteiger partial charge on any atom is -0.381 e. The van der Waals surface area contributed by atoms with Crippen LogP contribution in [0.4, 0.5) is 5.69 Å². The topological polar surface area (TPSA) is 24.9 Å². The van der Waals surface area contributed by atoms with Crippen LogP contribution in [0.5, 0.6) is 0 Å². The zero-order valence-corrected chi connectivity index (χ0v) is 12.8. The third kappa shape index (κ3) is 2.68. The number of aryl methyl sites for hydroxylation is 1. The molecule has 0 aliphatic carbocycles. The maximum Gasteiger partial charge on any atom is 0.0763 e. The second-order valence-corrected chi connectivity index (χ2v) is 5.68. The van der Waals surface area contributed by atoms with E-state index in [1.165, 1.54) is 11.1 Å². The van der Waals surface area contributed by atoms with E-state index < -0.39 is 0 Å². The molecule has 1 N–H and O–H groups in total. The van der Waals surface area contributed by atoms with Gasteiger partial charge in [0, 0.05) is 28.3 Å². The standard InChI is InChI=1S/C17H15BrN2/c1-12-4-2-5-14(10-12)20-11-13-7-8-16(18)15-6-3-9-19-17(13)15/h2-10,20H,11H2,1H3. The molecule has 2 nitrogen and oxygen atoms in total. The molecule has 0 saturated heterocycles. The number of aromatic nitrogens is 1. The molecule has 1 aromatic heterocycles. The summed E-state index contributed by atoms with van der Waals surface area (Å²) in [6, 6.07) is 16.6. The molecule has 0 bridgehead atoms. The summed E-state index contributed by atoms with van der Waals surface area (Å²) in [6.07, 6.45) is 1.84. The molecule has 0 amide bonds. The molecule has 20 heavy (non-hydrogen) atoms. The summed E-state index contributed by atoms with van der Waals surface area (Å²) >= 11 is 3.58. The summed E-state index contributed by atoms with van der Waals surface area (Å²) in [7, 11) is 0. The van der Waals surface area contributed by atoms with Crippen molar-refractivity contribution in [2.45, 2.75) is 13.5 Å². The maximum absolute atomic E-state index is 4.50. The quantitative estimate of drug-likeness (QED) is 0.739. The van der Waals surface area contributed by atoms with E-state index in [1.807, 2.05) is 12.3 Å². The van der Waals surface area contributed by atoms with Crippen LogP contribution in [0.15, 0.2) is 59.2 Å². The molecule has 3 aromatic rings. The number of hydrogen-bond donors (Lipinski definition) is 1. The molecule has 3 rings (SSSR count). The molecular weight excluding hydrogens is 312 g/mol. The number of pyridine rings is 1. The Balaban J connectivity index is 1.90. The normalized spacial score (nSPS) is 10.7. The third-order valence-corrected chi connectivity index (χ3v) is 3.99. The summed E-state index contributed by atoms with van der Waals surface area (Å²) in [6.45, 7) is 2.87. The number of nitrogens with zero attached hydrogens (tertiary/aromatic N) is 1. The Kier molecular flexibility index (Phi) is 3.70. The zero-order valence-electron chi connectivity index (χ0n) is 11.2. The number of rotatable bonds is 3. The minimum absolute atomic E-state index is 0.768. The SMILES string of the molecule is Cc1cccc(NCc2ccc(Br)c3cccnc23)c1. The Morgan fingerprint density at radius 1 is 1.10 bits per heavy atom. The average molecular weight is 327 g/mol. The summed E-state index contributed by atoms with van der Waals surface area (Å²) in [5, 5.41) is 4.61. The lowest BCUT2D eigenvalue weighted by molar-refractivity contribution is 1.15. The fraction of sp³-hybridized carbons (Fsp3) is 0.118. The summed E-state index contributed by atoms with van der Waals surface area (Å²) in [5.41, 5.74) is 4.64. The molecular formula is C17H15BrN2. The second-order valence-electron chi connectivity index (χ2n) is 4.83. The van der Waals surface area contributed by atoms with Crippen molar-refractivity contribution < 1.29 is 0 Å². The first kappa shape index (κ1) is 13.1. The fourth-order valence-corrected chi connectivity index (χ4v) is 2.74. The number of halogens is 1. The first-order valence-electron chi connectivity index (χ1n) is 6.57. The highest BCUT2D eigenvalue weighted by Gasteiger charge is 2.05. The van der Waals surface area contributed by atoms with Crippen LogP contribution in [0.25, 0.3) is 10.9 Å². The van der Waals surface area contributed by atoms with Crippen molar-refractivity contribution in [1.82, 2.24) is 4.98 Å². The monoisotopic (exact) mass is 326 g/mol. The third-order valence-electron chi connectivity index (χ3n) is 3.30. The Morgan fingerprint density at radius 2 is 2.00 bits per heavy atom. The number of hydrogen-bond acceptors (Lipinski definition) is 2. The van der Waals surface area contributed by atoms with E-state index in [0.717, 1.165) is 27.6 Å². The van der Waals surface area contributed by atoms with Gasteiger partial charge in [0.15, 0.2) is 0 Å². The molecule has 0 unspecified atom stereocenters. The molecule has 2 aromatic carbocycles. The Hall–Kier alpha value is -1.87. The van der Waals surface area contributed by atoms with E-state index in [2.05, 4.69) is 75.6 Å². The van der Waals surface area contributed by atoms with Gasteiger partial charge >= 0.3 is 0 Å². The van der Waals surface area contributed by atoms with Gasteiger partial charge in [0.1, 0.15) is 0 Å². The molecule has 100 valence electrons. The van der Waals surface area contributed by atoms with Crippen molar-refractivity contribution >= 4 is 32.5 Å². The molecule has 1 heterocycles. The van der Waals surface area contributed by atoms with Crippen LogP contribution in [0, 0.1) is 6.92 Å². The molecule has 0 spiro atoms. The zero-order chi connectivity index (χ0) is 13.9. The molecule has 0 aliphatic heterocycles. The minimum atomic E-state index is 0.768. The van der Waals surface area contributed by atoms with E-state index in [0.29, 0.717) is 0 Å². The molecule has 0 atom stereocenters. The number of anilines is 1. The predicted molar refractivity (Wildman–Crippen MR) is 87.9 cm³/mol. The van der Waals surface area contributed by atoms with Gasteiger partial charge in [-0.25, -0.2) is 0 Å². The second kappa shape index (κ2) is 5.63. The van der Waals surface area contributed by atoms with Crippen molar-refractivity contribution in [3.8, 4) is 0 Å². The van der Waals surface area contributed by atoms with Crippen molar-refractivity contribution in [2.75, 3.05) is 5.32 Å². The van der Waals surface area contributed by atoms with Crippen LogP contribution < -0.4 is 5.32 Å². The van der Waals surface area contributed by atoms with Crippen LogP contribution in [-0.2, 0) is 6.54 Å². The van der Waals surface area contributed by atoms with Crippen molar-refractivity contribution in [1.29, 1.82) is 0 Å². The van der Waals surface area contributed by atoms with Crippen LogP contribution >= 0.6 is 15.9 Å². The summed E-state index contributed by atoms with van der Waals surface area (Å²) < 4.78 is 1.08. The van der Waals surface area contributed by atoms with Gasteiger partial charge in [-0.1, -0.05) is 40.2 Å². The van der Waals surface area contributed by atoms with E-state index in [9.17, 15) is 0 Å². The van der Waals surface area contributed by atoms with Gasteiger partial charge in [-0.05, 0) is 42.3 Å². The van der Waals surface area contributed by atoms with Gasteiger partial charge in [0.2, 0.25) is 0 Å². The summed E-state index contributed by atoms with van der Waals surface area (Å²) in [5.74, 6) is 0. The van der Waals surface area contributed by atoms with Crippen molar-refractivity contribution in [3.63, 3.8) is 0 Å². The van der Waals surface area contributed by atoms with E-state index in [4.69, 9.17) is 0 Å². The van der Waals surface area contributed by atoms with Crippen LogP contribution in [0.3, 0.4) is 0 Å². The number of benzene rings is 2. The van der Waals surface area contributed by atoms with Gasteiger partial charge in [-0.3, -0.25) is 4.98 Å². The molecule has 3 heteroatoms. The van der Waals surface area contributed by atoms with Gasteiger partial charge < -0.3 is 5.32 Å². The fourth-order valence-electron chi connectivity index (χ4n) is 2.29. The average Bonchev–Trinajstić information content (AvgIpc) is 2.47. The van der Waals surface area contributed by atoms with Gasteiger partial charge in [0.25, 0.3) is 0 Å². The van der Waals surface area contributed by atoms with Crippen LogP contribution in [0.2, 0.25) is 0 Å². The summed E-state index contributed by atoms with van der Waals surface area (Å²) in [4.78, 5) is 4.50. The number of fused-ring (bicyclic) bond motifs is 1. The maximum atomic E-state index is 4.50. The Labute approximate surface area is 127 Å². The van der Waals surface area contributed by atoms with Crippen LogP contribution in [0.1, 0.15) is 11.1 Å². The van der Waals surface area contributed by atoms with Gasteiger partial charge in [-0.2, -0.15) is 0 Å². The largest absolute Gasteiger partial charge is 0.381 e. The first-order valence-corrected chi connectivity index (χ1v) is 7.36. The molecule has 0 saturated carbocycles. The van der Waals surface area contributed by atoms with Gasteiger partial charge in [-0.15, -0.1) is 0 Å². The lowest BCUT2D eigenvalue weighted by atomic mass is 10.1. The predicted octanol–water partition coefficient (Wildman–Crippen LogP) is 4.92. The number of nitrogens with one attached hydrogen (secondary N) is 1. The first-order chi connectivity index (χ1) is 9.74. The molecule has 0 aliphatic rings. The van der Waals surface area contributed by atoms with E-state index >= 15 is 0 Å². The Bertz CT molecular complexity index is 753. The lowest BCUT2D eigenvalue weighted by Gasteiger charge is -2.10. The molecule has 0 radical (unpaired) electrons. The lowest BCUT2D eigenvalue weighted by Crippen LogP contribution is -2.01. The van der Waals surface area contributed by atoms with Crippen molar-refractivity contribution in [2.24, 2.45) is 0 Å². The highest BCUT2D eigenvalue weighted by molar-refractivity contribution is 9.10. The van der Waals surface area contributed by atoms with Gasteiger partial charge in [0.05, 0.1) is 5.52 Å². The molecule has 0 fully saturated rings. The van der Waals surface area contributed by atoms with Crippen LogP contribution in [-0.4, -0.2) is 4.98 Å². The smallest absolute Gasteiger partial charge is 0.0763 e. The van der Waals surface area contributed by atoms with Crippen molar-refractivity contribution in [3.05, 3.63) is 70.3 Å². The van der Waals surface area contributed by atoms with E-state index in [1.54, 1.807) is 0 Å². The highest BCUT2D eigenvalue weighted by atomic mass is 79.9.